The SMILES string of the molecule is CCCCC1=[C-]C(CCCC)C(C)=C1C.CCCCC1=[C-]C(CCCC)C(C)=C1C.[Cl-].[Cl-].[Zr+4]. The Hall–Kier alpha value is 0.423. The molecular weight excluding hydrogens is 522 g/mol. The minimum absolute atomic E-state index is 0. The second-order valence-electron chi connectivity index (χ2n) is 9.46. The molecule has 0 aromatic rings. The van der Waals surface area contributed by atoms with E-state index in [1.54, 1.807) is 11.1 Å². The summed E-state index contributed by atoms with van der Waals surface area (Å²) in [6, 6.07) is 0. The van der Waals surface area contributed by atoms with E-state index in [4.69, 9.17) is 0 Å². The first-order chi connectivity index (χ1) is 14.4. The van der Waals surface area contributed by atoms with E-state index >= 15 is 0 Å². The summed E-state index contributed by atoms with van der Waals surface area (Å²) in [5.74, 6) is 1.27. The summed E-state index contributed by atoms with van der Waals surface area (Å²) < 4.78 is 0. The Labute approximate surface area is 239 Å². The van der Waals surface area contributed by atoms with Crippen LogP contribution in [0.1, 0.15) is 132 Å². The van der Waals surface area contributed by atoms with Crippen LogP contribution >= 0.6 is 0 Å². The fraction of sp³-hybridized carbons (Fsp3) is 0.733. The van der Waals surface area contributed by atoms with Gasteiger partial charge in [-0.2, -0.15) is 22.3 Å². The monoisotopic (exact) mass is 570 g/mol. The van der Waals surface area contributed by atoms with Crippen molar-refractivity contribution in [3.05, 3.63) is 45.6 Å². The van der Waals surface area contributed by atoms with Crippen LogP contribution in [0.3, 0.4) is 0 Å². The third-order valence-corrected chi connectivity index (χ3v) is 7.08. The van der Waals surface area contributed by atoms with Crippen LogP contribution in [0.4, 0.5) is 0 Å². The van der Waals surface area contributed by atoms with Gasteiger partial charge in [0.25, 0.3) is 0 Å². The van der Waals surface area contributed by atoms with Crippen molar-refractivity contribution >= 4 is 0 Å². The van der Waals surface area contributed by atoms with Crippen LogP contribution in [0.15, 0.2) is 33.4 Å². The van der Waals surface area contributed by atoms with Crippen LogP contribution in [0.5, 0.6) is 0 Å². The van der Waals surface area contributed by atoms with Crippen LogP contribution in [-0.2, 0) is 26.2 Å². The minimum atomic E-state index is 0. The van der Waals surface area contributed by atoms with Crippen LogP contribution in [0.25, 0.3) is 0 Å². The summed E-state index contributed by atoms with van der Waals surface area (Å²) in [7, 11) is 0. The Bertz CT molecular complexity index is 584. The average Bonchev–Trinajstić information content (AvgIpc) is 3.18. The third kappa shape index (κ3) is 12.8. The molecule has 2 rings (SSSR count). The molecule has 0 aromatic carbocycles. The van der Waals surface area contributed by atoms with Crippen molar-refractivity contribution in [2.45, 2.75) is 132 Å². The van der Waals surface area contributed by atoms with Crippen LogP contribution in [0, 0.1) is 24.0 Å². The van der Waals surface area contributed by atoms with E-state index in [1.165, 1.54) is 99.3 Å². The molecule has 0 amide bonds. The van der Waals surface area contributed by atoms with E-state index in [1.807, 2.05) is 0 Å². The van der Waals surface area contributed by atoms with Crippen LogP contribution in [0.2, 0.25) is 0 Å². The predicted octanol–water partition coefficient (Wildman–Crippen LogP) is 4.13. The molecule has 33 heavy (non-hydrogen) atoms. The van der Waals surface area contributed by atoms with Gasteiger partial charge in [0, 0.05) is 0 Å². The number of allylic oxidation sites excluding steroid dienone is 8. The van der Waals surface area contributed by atoms with E-state index in [-0.39, 0.29) is 51.0 Å². The molecule has 0 N–H and O–H groups in total. The Kier molecular flexibility index (Phi) is 24.9. The van der Waals surface area contributed by atoms with Gasteiger partial charge in [0.15, 0.2) is 0 Å². The average molecular weight is 573 g/mol. The molecule has 0 fully saturated rings. The van der Waals surface area contributed by atoms with E-state index in [0.717, 1.165) is 0 Å². The number of halogens is 2. The molecule has 0 heterocycles. The smallest absolute Gasteiger partial charge is 1.00 e. The number of unbranched alkanes of at least 4 members (excludes halogenated alkanes) is 4. The molecule has 0 aromatic heterocycles. The Morgan fingerprint density at radius 2 is 0.848 bits per heavy atom. The van der Waals surface area contributed by atoms with E-state index in [9.17, 15) is 0 Å². The molecule has 0 nitrogen and oxygen atoms in total. The van der Waals surface area contributed by atoms with Gasteiger partial charge in [-0.25, -0.2) is 11.1 Å². The van der Waals surface area contributed by atoms with Crippen molar-refractivity contribution in [2.75, 3.05) is 0 Å². The van der Waals surface area contributed by atoms with Gasteiger partial charge < -0.3 is 24.8 Å². The fourth-order valence-electron chi connectivity index (χ4n) is 4.47. The summed E-state index contributed by atoms with van der Waals surface area (Å²) in [4.78, 5) is 0. The Morgan fingerprint density at radius 1 is 0.545 bits per heavy atom. The zero-order valence-electron chi connectivity index (χ0n) is 22.9. The van der Waals surface area contributed by atoms with Gasteiger partial charge in [-0.1, -0.05) is 130 Å². The number of hydrogen-bond donors (Lipinski definition) is 0. The molecule has 188 valence electrons. The maximum absolute atomic E-state index is 3.70. The van der Waals surface area contributed by atoms with Crippen molar-refractivity contribution in [1.82, 2.24) is 0 Å². The normalized spacial score (nSPS) is 19.2. The third-order valence-electron chi connectivity index (χ3n) is 7.08. The van der Waals surface area contributed by atoms with E-state index in [0.29, 0.717) is 11.8 Å². The molecule has 2 atom stereocenters. The van der Waals surface area contributed by atoms with Gasteiger partial charge in [-0.15, -0.1) is 13.8 Å². The van der Waals surface area contributed by atoms with E-state index < -0.39 is 0 Å². The zero-order chi connectivity index (χ0) is 22.5. The van der Waals surface area contributed by atoms with Gasteiger partial charge in [-0.05, 0) is 0 Å². The first-order valence-corrected chi connectivity index (χ1v) is 13.0. The maximum atomic E-state index is 3.70. The topological polar surface area (TPSA) is 0 Å². The van der Waals surface area contributed by atoms with Crippen molar-refractivity contribution in [2.24, 2.45) is 11.8 Å². The van der Waals surface area contributed by atoms with Crippen molar-refractivity contribution in [3.8, 4) is 0 Å². The van der Waals surface area contributed by atoms with Crippen LogP contribution < -0.4 is 24.8 Å². The Morgan fingerprint density at radius 3 is 1.12 bits per heavy atom. The molecule has 0 bridgehead atoms. The van der Waals surface area contributed by atoms with Crippen molar-refractivity contribution in [1.29, 1.82) is 0 Å². The maximum Gasteiger partial charge on any atom is 4.00 e. The number of hydrogen-bond acceptors (Lipinski definition) is 0. The molecule has 0 saturated heterocycles. The molecule has 0 saturated carbocycles. The Balaban J connectivity index is -0.000000500. The quantitative estimate of drug-likeness (QED) is 0.309. The van der Waals surface area contributed by atoms with Gasteiger partial charge in [0.05, 0.1) is 0 Å². The van der Waals surface area contributed by atoms with Gasteiger partial charge in [-0.3, -0.25) is 12.2 Å². The molecule has 2 unspecified atom stereocenters. The minimum Gasteiger partial charge on any atom is -1.00 e. The van der Waals surface area contributed by atoms with E-state index in [2.05, 4.69) is 67.5 Å². The predicted molar refractivity (Wildman–Crippen MR) is 135 cm³/mol. The molecule has 3 heteroatoms. The summed E-state index contributed by atoms with van der Waals surface area (Å²) in [5, 5.41) is 0. The molecule has 0 aliphatic heterocycles. The molecule has 0 spiro atoms. The summed E-state index contributed by atoms with van der Waals surface area (Å²) in [5.41, 5.74) is 9.24. The second kappa shape index (κ2) is 21.7. The van der Waals surface area contributed by atoms with Crippen LogP contribution in [-0.4, -0.2) is 0 Å². The largest absolute Gasteiger partial charge is 4.00 e. The van der Waals surface area contributed by atoms with Crippen molar-refractivity contribution < 1.29 is 51.0 Å². The molecular formula is C30H50Cl2Zr. The summed E-state index contributed by atoms with van der Waals surface area (Å²) in [6.45, 7) is 18.2. The first kappa shape index (κ1) is 38.0. The fourth-order valence-corrected chi connectivity index (χ4v) is 4.47. The van der Waals surface area contributed by atoms with Crippen molar-refractivity contribution in [3.63, 3.8) is 0 Å². The van der Waals surface area contributed by atoms with Gasteiger partial charge in [0.2, 0.25) is 0 Å². The molecule has 2 aliphatic carbocycles. The first-order valence-electron chi connectivity index (χ1n) is 13.0. The second-order valence-corrected chi connectivity index (χ2v) is 9.46. The molecule has 0 radical (unpaired) electrons. The van der Waals surface area contributed by atoms with Gasteiger partial charge >= 0.3 is 26.2 Å². The van der Waals surface area contributed by atoms with Gasteiger partial charge in [0.1, 0.15) is 0 Å². The summed E-state index contributed by atoms with van der Waals surface area (Å²) in [6.07, 6.45) is 23.0. The standard InChI is InChI=1S/2C15H25.2ClH.Zr/c2*1-5-7-9-14-11-15(10-8-6-2)13(4)12(14)3;;;/h2*14H,5-10H2,1-4H3;2*1H;/q2*-1;;;+4/p-2. The zero-order valence-corrected chi connectivity index (χ0v) is 26.9. The molecule has 2 aliphatic rings. The summed E-state index contributed by atoms with van der Waals surface area (Å²) >= 11 is 0. The number of rotatable bonds is 12.